The molecule has 0 aliphatic heterocycles. The van der Waals surface area contributed by atoms with E-state index in [9.17, 15) is 10.2 Å². The molecule has 0 aliphatic rings. The van der Waals surface area contributed by atoms with Gasteiger partial charge in [0.25, 0.3) is 0 Å². The summed E-state index contributed by atoms with van der Waals surface area (Å²) < 4.78 is 6.56. The maximum absolute atomic E-state index is 9.53. The molecule has 1 aromatic heterocycles. The highest BCUT2D eigenvalue weighted by molar-refractivity contribution is 5.62. The lowest BCUT2D eigenvalue weighted by Crippen LogP contribution is -2.21. The lowest BCUT2D eigenvalue weighted by atomic mass is 10.1. The normalized spacial score (nSPS) is 12.4. The zero-order valence-electron chi connectivity index (χ0n) is 11.1. The van der Waals surface area contributed by atoms with Gasteiger partial charge in [0.2, 0.25) is 0 Å². The van der Waals surface area contributed by atoms with Crippen LogP contribution in [0.15, 0.2) is 24.3 Å². The number of benzene rings is 1. The second kappa shape index (κ2) is 6.47. The van der Waals surface area contributed by atoms with Crippen LogP contribution in [0.2, 0.25) is 0 Å². The van der Waals surface area contributed by atoms with Crippen LogP contribution in [-0.2, 0) is 13.2 Å². The number of rotatable bonds is 6. The summed E-state index contributed by atoms with van der Waals surface area (Å²) in [6.07, 6.45) is -0.930. The van der Waals surface area contributed by atoms with Gasteiger partial charge >= 0.3 is 0 Å². The van der Waals surface area contributed by atoms with E-state index in [-0.39, 0.29) is 19.8 Å². The van der Waals surface area contributed by atoms with Crippen LogP contribution in [0.3, 0.4) is 0 Å². The standard InChI is InChI=1S/C13H17N3O4/c1-20-11-4-2-9(3-5-11)13-12(8-18)14-15-16(13)6-10(19)7-17/h2-5,10,17-19H,6-8H2,1H3. The summed E-state index contributed by atoms with van der Waals surface area (Å²) >= 11 is 0. The molecule has 0 amide bonds. The molecule has 1 atom stereocenters. The van der Waals surface area contributed by atoms with Crippen LogP contribution < -0.4 is 4.74 Å². The lowest BCUT2D eigenvalue weighted by molar-refractivity contribution is 0.0782. The van der Waals surface area contributed by atoms with Crippen molar-refractivity contribution in [3.8, 4) is 17.0 Å². The molecule has 0 saturated carbocycles. The molecule has 0 aliphatic carbocycles. The molecule has 0 radical (unpaired) electrons. The van der Waals surface area contributed by atoms with E-state index in [0.717, 1.165) is 5.56 Å². The van der Waals surface area contributed by atoms with Crippen molar-refractivity contribution in [1.82, 2.24) is 15.0 Å². The Labute approximate surface area is 116 Å². The van der Waals surface area contributed by atoms with Crippen LogP contribution in [0.5, 0.6) is 5.75 Å². The predicted octanol–water partition coefficient (Wildman–Crippen LogP) is -0.201. The highest BCUT2D eigenvalue weighted by atomic mass is 16.5. The van der Waals surface area contributed by atoms with Crippen LogP contribution in [0.4, 0.5) is 0 Å². The fourth-order valence-corrected chi connectivity index (χ4v) is 1.91. The van der Waals surface area contributed by atoms with Crippen molar-refractivity contribution < 1.29 is 20.1 Å². The Kier molecular flexibility index (Phi) is 4.67. The van der Waals surface area contributed by atoms with Gasteiger partial charge < -0.3 is 20.1 Å². The SMILES string of the molecule is COc1ccc(-c2c(CO)nnn2CC(O)CO)cc1. The maximum atomic E-state index is 9.53. The summed E-state index contributed by atoms with van der Waals surface area (Å²) in [7, 11) is 1.58. The molecule has 0 spiro atoms. The van der Waals surface area contributed by atoms with Crippen molar-refractivity contribution in [3.05, 3.63) is 30.0 Å². The van der Waals surface area contributed by atoms with Crippen molar-refractivity contribution in [3.63, 3.8) is 0 Å². The van der Waals surface area contributed by atoms with E-state index in [1.807, 2.05) is 12.1 Å². The van der Waals surface area contributed by atoms with Gasteiger partial charge in [0.05, 0.1) is 38.7 Å². The Morgan fingerprint density at radius 2 is 1.95 bits per heavy atom. The minimum atomic E-state index is -0.930. The smallest absolute Gasteiger partial charge is 0.118 e. The number of aliphatic hydroxyl groups excluding tert-OH is 3. The molecule has 1 aromatic carbocycles. The Bertz CT molecular complexity index is 553. The molecule has 108 valence electrons. The third-order valence-corrected chi connectivity index (χ3v) is 2.91. The molecular formula is C13H17N3O4. The predicted molar refractivity (Wildman–Crippen MR) is 71.0 cm³/mol. The maximum Gasteiger partial charge on any atom is 0.118 e. The molecule has 1 heterocycles. The third kappa shape index (κ3) is 2.96. The molecule has 7 nitrogen and oxygen atoms in total. The highest BCUT2D eigenvalue weighted by Crippen LogP contribution is 2.25. The molecule has 2 rings (SSSR count). The van der Waals surface area contributed by atoms with Crippen LogP contribution in [-0.4, -0.2) is 50.1 Å². The van der Waals surface area contributed by atoms with Crippen molar-refractivity contribution in [1.29, 1.82) is 0 Å². The molecule has 2 aromatic rings. The first-order valence-electron chi connectivity index (χ1n) is 6.16. The van der Waals surface area contributed by atoms with Crippen molar-refractivity contribution in [2.24, 2.45) is 0 Å². The Morgan fingerprint density at radius 3 is 2.50 bits per heavy atom. The molecular weight excluding hydrogens is 262 g/mol. The first kappa shape index (κ1) is 14.4. The molecule has 0 bridgehead atoms. The van der Waals surface area contributed by atoms with Gasteiger partial charge in [-0.05, 0) is 24.3 Å². The number of hydrogen-bond donors (Lipinski definition) is 3. The third-order valence-electron chi connectivity index (χ3n) is 2.91. The van der Waals surface area contributed by atoms with Gasteiger partial charge in [0.1, 0.15) is 11.4 Å². The monoisotopic (exact) mass is 279 g/mol. The van der Waals surface area contributed by atoms with Gasteiger partial charge in [-0.1, -0.05) is 5.21 Å². The second-order valence-electron chi connectivity index (χ2n) is 4.29. The summed E-state index contributed by atoms with van der Waals surface area (Å²) in [5.74, 6) is 0.716. The van der Waals surface area contributed by atoms with E-state index in [0.29, 0.717) is 17.1 Å². The average molecular weight is 279 g/mol. The van der Waals surface area contributed by atoms with Gasteiger partial charge in [0.15, 0.2) is 0 Å². The van der Waals surface area contributed by atoms with Gasteiger partial charge in [0, 0.05) is 5.56 Å². The van der Waals surface area contributed by atoms with Crippen molar-refractivity contribution in [2.75, 3.05) is 13.7 Å². The molecule has 0 saturated heterocycles. The summed E-state index contributed by atoms with van der Waals surface area (Å²) in [5, 5.41) is 35.5. The van der Waals surface area contributed by atoms with E-state index in [1.165, 1.54) is 4.68 Å². The number of ether oxygens (including phenoxy) is 1. The van der Waals surface area contributed by atoms with Gasteiger partial charge in [-0.2, -0.15) is 0 Å². The number of hydrogen-bond acceptors (Lipinski definition) is 6. The van der Waals surface area contributed by atoms with Gasteiger partial charge in [-0.3, -0.25) is 0 Å². The van der Waals surface area contributed by atoms with E-state index >= 15 is 0 Å². The summed E-state index contributed by atoms with van der Waals surface area (Å²) in [6, 6.07) is 7.21. The van der Waals surface area contributed by atoms with E-state index in [4.69, 9.17) is 9.84 Å². The fourth-order valence-electron chi connectivity index (χ4n) is 1.91. The van der Waals surface area contributed by atoms with Crippen LogP contribution in [0.25, 0.3) is 11.3 Å². The van der Waals surface area contributed by atoms with Gasteiger partial charge in [-0.15, -0.1) is 5.10 Å². The number of nitrogens with zero attached hydrogens (tertiary/aromatic N) is 3. The van der Waals surface area contributed by atoms with Crippen molar-refractivity contribution >= 4 is 0 Å². The zero-order chi connectivity index (χ0) is 14.5. The van der Waals surface area contributed by atoms with E-state index in [1.54, 1.807) is 19.2 Å². The van der Waals surface area contributed by atoms with Crippen LogP contribution in [0.1, 0.15) is 5.69 Å². The topological polar surface area (TPSA) is 101 Å². The zero-order valence-corrected chi connectivity index (χ0v) is 11.1. The van der Waals surface area contributed by atoms with Crippen LogP contribution in [0, 0.1) is 0 Å². The first-order valence-corrected chi connectivity index (χ1v) is 6.16. The van der Waals surface area contributed by atoms with E-state index in [2.05, 4.69) is 10.3 Å². The molecule has 7 heteroatoms. The quantitative estimate of drug-likeness (QED) is 0.677. The Morgan fingerprint density at radius 1 is 1.25 bits per heavy atom. The molecule has 0 fully saturated rings. The molecule has 20 heavy (non-hydrogen) atoms. The average Bonchev–Trinajstić information content (AvgIpc) is 2.89. The molecule has 3 N–H and O–H groups in total. The highest BCUT2D eigenvalue weighted by Gasteiger charge is 2.16. The number of methoxy groups -OCH3 is 1. The Hall–Kier alpha value is -1.96. The number of aromatic nitrogens is 3. The lowest BCUT2D eigenvalue weighted by Gasteiger charge is -2.11. The first-order chi connectivity index (χ1) is 9.69. The largest absolute Gasteiger partial charge is 0.497 e. The second-order valence-corrected chi connectivity index (χ2v) is 4.29. The minimum Gasteiger partial charge on any atom is -0.497 e. The number of aliphatic hydroxyl groups is 3. The summed E-state index contributed by atoms with van der Waals surface area (Å²) in [5.41, 5.74) is 1.83. The molecule has 1 unspecified atom stereocenters. The van der Waals surface area contributed by atoms with Gasteiger partial charge in [-0.25, -0.2) is 4.68 Å². The minimum absolute atomic E-state index is 0.102. The van der Waals surface area contributed by atoms with Crippen molar-refractivity contribution in [2.45, 2.75) is 19.3 Å². The summed E-state index contributed by atoms with van der Waals surface area (Å²) in [4.78, 5) is 0. The van der Waals surface area contributed by atoms with E-state index < -0.39 is 6.10 Å². The summed E-state index contributed by atoms with van der Waals surface area (Å²) in [6.45, 7) is -0.516. The Balaban J connectivity index is 2.38. The van der Waals surface area contributed by atoms with Crippen LogP contribution >= 0.6 is 0 Å². The fraction of sp³-hybridized carbons (Fsp3) is 0.385.